The predicted octanol–water partition coefficient (Wildman–Crippen LogP) is 4.40. The van der Waals surface area contributed by atoms with Gasteiger partial charge in [0.1, 0.15) is 0 Å². The average Bonchev–Trinajstić information content (AvgIpc) is 2.70. The second-order valence-corrected chi connectivity index (χ2v) is 6.70. The first kappa shape index (κ1) is 13.7. The number of benzene rings is 1. The second-order valence-electron chi connectivity index (χ2n) is 4.36. The average molecular weight is 277 g/mol. The van der Waals surface area contributed by atoms with E-state index in [9.17, 15) is 0 Å². The summed E-state index contributed by atoms with van der Waals surface area (Å²) in [6.07, 6.45) is 2.11. The molecule has 0 radical (unpaired) electrons. The highest BCUT2D eigenvalue weighted by Crippen LogP contribution is 2.31. The van der Waals surface area contributed by atoms with Crippen molar-refractivity contribution in [2.75, 3.05) is 13.3 Å². The molecule has 1 nitrogen and oxygen atoms in total. The van der Waals surface area contributed by atoms with Gasteiger partial charge in [-0.05, 0) is 56.5 Å². The first-order valence-corrected chi connectivity index (χ1v) is 8.08. The van der Waals surface area contributed by atoms with Gasteiger partial charge in [-0.1, -0.05) is 12.1 Å². The maximum Gasteiger partial charge on any atom is 0.0585 e. The summed E-state index contributed by atoms with van der Waals surface area (Å²) < 4.78 is 0. The summed E-state index contributed by atoms with van der Waals surface area (Å²) in [6.45, 7) is 4.37. The molecule has 1 aromatic heterocycles. The summed E-state index contributed by atoms with van der Waals surface area (Å²) in [5.74, 6) is 0. The molecule has 18 heavy (non-hydrogen) atoms. The molecule has 1 aromatic carbocycles. The lowest BCUT2D eigenvalue weighted by atomic mass is 9.99. The lowest BCUT2D eigenvalue weighted by Crippen LogP contribution is -2.17. The number of nitrogens with one attached hydrogen (secondary N) is 1. The van der Waals surface area contributed by atoms with Gasteiger partial charge in [0.15, 0.2) is 0 Å². The van der Waals surface area contributed by atoms with Gasteiger partial charge < -0.3 is 5.32 Å². The van der Waals surface area contributed by atoms with Crippen LogP contribution in [0.1, 0.15) is 26.9 Å². The summed E-state index contributed by atoms with van der Waals surface area (Å²) in [7, 11) is 2.03. The van der Waals surface area contributed by atoms with Gasteiger partial charge in [0.2, 0.25) is 0 Å². The summed E-state index contributed by atoms with van der Waals surface area (Å²) in [5, 5.41) is 3.43. The Morgan fingerprint density at radius 3 is 2.28 bits per heavy atom. The van der Waals surface area contributed by atoms with E-state index in [1.54, 1.807) is 11.8 Å². The predicted molar refractivity (Wildman–Crippen MR) is 82.9 cm³/mol. The van der Waals surface area contributed by atoms with E-state index >= 15 is 0 Å². The largest absolute Gasteiger partial charge is 0.309 e. The SMILES string of the molecule is CNC(c1ccc(SC)cc1)c1cc(C)sc1C. The van der Waals surface area contributed by atoms with Gasteiger partial charge in [0.05, 0.1) is 6.04 Å². The maximum atomic E-state index is 3.43. The molecule has 0 spiro atoms. The quantitative estimate of drug-likeness (QED) is 0.832. The van der Waals surface area contributed by atoms with Crippen molar-refractivity contribution in [3.63, 3.8) is 0 Å². The molecule has 0 bridgehead atoms. The van der Waals surface area contributed by atoms with E-state index in [1.807, 2.05) is 18.4 Å². The number of hydrogen-bond acceptors (Lipinski definition) is 3. The van der Waals surface area contributed by atoms with Crippen LogP contribution in [0.15, 0.2) is 35.2 Å². The summed E-state index contributed by atoms with van der Waals surface area (Å²) in [5.41, 5.74) is 2.73. The molecule has 1 unspecified atom stereocenters. The van der Waals surface area contributed by atoms with Crippen LogP contribution < -0.4 is 5.32 Å². The van der Waals surface area contributed by atoms with Crippen molar-refractivity contribution in [1.82, 2.24) is 5.32 Å². The van der Waals surface area contributed by atoms with Gasteiger partial charge in [-0.2, -0.15) is 0 Å². The highest BCUT2D eigenvalue weighted by atomic mass is 32.2. The van der Waals surface area contributed by atoms with E-state index in [0.29, 0.717) is 6.04 Å². The third-order valence-corrected chi connectivity index (χ3v) is 4.85. The van der Waals surface area contributed by atoms with E-state index in [4.69, 9.17) is 0 Å². The fraction of sp³-hybridized carbons (Fsp3) is 0.333. The molecule has 0 fully saturated rings. The monoisotopic (exact) mass is 277 g/mol. The van der Waals surface area contributed by atoms with Gasteiger partial charge in [-0.25, -0.2) is 0 Å². The zero-order valence-electron chi connectivity index (χ0n) is 11.3. The van der Waals surface area contributed by atoms with Crippen LogP contribution >= 0.6 is 23.1 Å². The third-order valence-electron chi connectivity index (χ3n) is 3.13. The van der Waals surface area contributed by atoms with Crippen LogP contribution in [0.2, 0.25) is 0 Å². The number of aryl methyl sites for hydroxylation is 2. The standard InChI is InChI=1S/C15H19NS2/c1-10-9-14(11(2)18-10)15(16-3)12-5-7-13(17-4)8-6-12/h5-9,15-16H,1-4H3. The van der Waals surface area contributed by atoms with Crippen molar-refractivity contribution >= 4 is 23.1 Å². The van der Waals surface area contributed by atoms with Crippen molar-refractivity contribution in [1.29, 1.82) is 0 Å². The first-order valence-electron chi connectivity index (χ1n) is 6.04. The van der Waals surface area contributed by atoms with E-state index < -0.39 is 0 Å². The van der Waals surface area contributed by atoms with Gasteiger partial charge in [0, 0.05) is 14.6 Å². The van der Waals surface area contributed by atoms with E-state index in [-0.39, 0.29) is 0 Å². The molecule has 0 saturated heterocycles. The number of thioether (sulfide) groups is 1. The van der Waals surface area contributed by atoms with Gasteiger partial charge in [-0.3, -0.25) is 0 Å². The Labute approximate surface area is 118 Å². The van der Waals surface area contributed by atoms with E-state index in [2.05, 4.69) is 55.8 Å². The molecule has 0 amide bonds. The number of thiophene rings is 1. The Bertz CT molecular complexity index is 514. The molecular formula is C15H19NS2. The van der Waals surface area contributed by atoms with Crippen LogP contribution in [0.3, 0.4) is 0 Å². The number of rotatable bonds is 4. The van der Waals surface area contributed by atoms with Crippen LogP contribution in [-0.4, -0.2) is 13.3 Å². The van der Waals surface area contributed by atoms with Crippen LogP contribution in [0.25, 0.3) is 0 Å². The molecule has 0 aliphatic heterocycles. The summed E-state index contributed by atoms with van der Waals surface area (Å²) in [4.78, 5) is 4.09. The van der Waals surface area contributed by atoms with Crippen molar-refractivity contribution in [3.8, 4) is 0 Å². The third kappa shape index (κ3) is 2.79. The topological polar surface area (TPSA) is 12.0 Å². The molecule has 0 aliphatic carbocycles. The number of hydrogen-bond donors (Lipinski definition) is 1. The first-order chi connectivity index (χ1) is 8.65. The molecule has 1 N–H and O–H groups in total. The molecule has 2 aromatic rings. The van der Waals surface area contributed by atoms with E-state index in [0.717, 1.165) is 0 Å². The van der Waals surface area contributed by atoms with Crippen LogP contribution in [-0.2, 0) is 0 Å². The van der Waals surface area contributed by atoms with Gasteiger partial charge in [0.25, 0.3) is 0 Å². The fourth-order valence-corrected chi connectivity index (χ4v) is 3.61. The zero-order chi connectivity index (χ0) is 13.1. The van der Waals surface area contributed by atoms with Gasteiger partial charge in [-0.15, -0.1) is 23.1 Å². The molecular weight excluding hydrogens is 258 g/mol. The van der Waals surface area contributed by atoms with Crippen LogP contribution in [0.5, 0.6) is 0 Å². The molecule has 1 heterocycles. The van der Waals surface area contributed by atoms with Crippen LogP contribution in [0, 0.1) is 13.8 Å². The minimum atomic E-state index is 0.297. The Balaban J connectivity index is 2.35. The Morgan fingerprint density at radius 1 is 1.17 bits per heavy atom. The van der Waals surface area contributed by atoms with Crippen molar-refractivity contribution in [3.05, 3.63) is 51.2 Å². The molecule has 0 aliphatic rings. The Hall–Kier alpha value is -0.770. The smallest absolute Gasteiger partial charge is 0.0585 e. The normalized spacial score (nSPS) is 12.7. The Kier molecular flexibility index (Phi) is 4.49. The van der Waals surface area contributed by atoms with Crippen molar-refractivity contribution in [2.24, 2.45) is 0 Å². The van der Waals surface area contributed by atoms with Crippen molar-refractivity contribution < 1.29 is 0 Å². The summed E-state index contributed by atoms with van der Waals surface area (Å²) >= 11 is 3.65. The molecule has 1 atom stereocenters. The molecule has 3 heteroatoms. The molecule has 96 valence electrons. The highest BCUT2D eigenvalue weighted by molar-refractivity contribution is 7.98. The van der Waals surface area contributed by atoms with E-state index in [1.165, 1.54) is 25.8 Å². The minimum Gasteiger partial charge on any atom is -0.309 e. The minimum absolute atomic E-state index is 0.297. The highest BCUT2D eigenvalue weighted by Gasteiger charge is 2.16. The van der Waals surface area contributed by atoms with Crippen LogP contribution in [0.4, 0.5) is 0 Å². The summed E-state index contributed by atoms with van der Waals surface area (Å²) in [6, 6.07) is 11.4. The maximum absolute atomic E-state index is 3.43. The zero-order valence-corrected chi connectivity index (χ0v) is 12.9. The lowest BCUT2D eigenvalue weighted by molar-refractivity contribution is 0.690. The second kappa shape index (κ2) is 5.91. The molecule has 2 rings (SSSR count). The molecule has 0 saturated carbocycles. The fourth-order valence-electron chi connectivity index (χ4n) is 2.24. The van der Waals surface area contributed by atoms with Crippen molar-refractivity contribution in [2.45, 2.75) is 24.8 Å². The Morgan fingerprint density at radius 2 is 1.83 bits per heavy atom. The van der Waals surface area contributed by atoms with Gasteiger partial charge >= 0.3 is 0 Å². The lowest BCUT2D eigenvalue weighted by Gasteiger charge is -2.17.